The summed E-state index contributed by atoms with van der Waals surface area (Å²) in [6.45, 7) is 5.23. The van der Waals surface area contributed by atoms with Gasteiger partial charge in [-0.2, -0.15) is 0 Å². The lowest BCUT2D eigenvalue weighted by atomic mass is 9.92. The van der Waals surface area contributed by atoms with Crippen molar-refractivity contribution in [3.8, 4) is 0 Å². The first kappa shape index (κ1) is 20.6. The van der Waals surface area contributed by atoms with Gasteiger partial charge in [0.15, 0.2) is 0 Å². The molecule has 0 spiro atoms. The van der Waals surface area contributed by atoms with Crippen LogP contribution in [0.5, 0.6) is 0 Å². The van der Waals surface area contributed by atoms with E-state index < -0.39 is 0 Å². The molecule has 0 bridgehead atoms. The van der Waals surface area contributed by atoms with Crippen LogP contribution in [0.2, 0.25) is 0 Å². The van der Waals surface area contributed by atoms with Crippen molar-refractivity contribution in [1.82, 2.24) is 19.9 Å². The predicted octanol–water partition coefficient (Wildman–Crippen LogP) is 4.67. The van der Waals surface area contributed by atoms with Crippen molar-refractivity contribution < 1.29 is 9.59 Å². The molecule has 2 aromatic carbocycles. The van der Waals surface area contributed by atoms with E-state index in [0.29, 0.717) is 25.1 Å². The van der Waals surface area contributed by atoms with Crippen molar-refractivity contribution in [3.63, 3.8) is 0 Å². The number of benzene rings is 2. The van der Waals surface area contributed by atoms with E-state index in [4.69, 9.17) is 0 Å². The molecular formula is C24H25N5O2S. The fourth-order valence-electron chi connectivity index (χ4n) is 4.38. The van der Waals surface area contributed by atoms with E-state index >= 15 is 0 Å². The standard InChI is InChI=1S/C24H25N5O2S/c1-14-25-19-5-3-17(12-21(19)26-14)24(31)29-9-7-16(8-10-29)11-23(30)28-18-4-6-20-22(13-18)32-15(2)27-20/h3-6,12-13,16H,7-11H2,1-2H3,(H,25,26)(H,28,30). The highest BCUT2D eigenvalue weighted by Gasteiger charge is 2.25. The summed E-state index contributed by atoms with van der Waals surface area (Å²) in [4.78, 5) is 39.4. The monoisotopic (exact) mass is 447 g/mol. The van der Waals surface area contributed by atoms with Gasteiger partial charge in [-0.05, 0) is 69.0 Å². The Bertz CT molecular complexity index is 1320. The molecule has 3 heterocycles. The highest BCUT2D eigenvalue weighted by atomic mass is 32.1. The van der Waals surface area contributed by atoms with E-state index in [0.717, 1.165) is 50.6 Å². The van der Waals surface area contributed by atoms with Crippen LogP contribution in [0.3, 0.4) is 0 Å². The Morgan fingerprint density at radius 3 is 2.69 bits per heavy atom. The molecule has 0 unspecified atom stereocenters. The van der Waals surface area contributed by atoms with Gasteiger partial charge in [-0.1, -0.05) is 0 Å². The number of aromatic amines is 1. The normalized spacial score (nSPS) is 14.9. The zero-order valence-corrected chi connectivity index (χ0v) is 19.0. The average molecular weight is 448 g/mol. The van der Waals surface area contributed by atoms with Crippen molar-refractivity contribution in [3.05, 3.63) is 52.8 Å². The minimum atomic E-state index is 0.0235. The molecule has 2 N–H and O–H groups in total. The van der Waals surface area contributed by atoms with Crippen molar-refractivity contribution in [2.24, 2.45) is 5.92 Å². The summed E-state index contributed by atoms with van der Waals surface area (Å²) < 4.78 is 1.08. The number of fused-ring (bicyclic) bond motifs is 2. The Balaban J connectivity index is 1.15. The van der Waals surface area contributed by atoms with Gasteiger partial charge in [0.2, 0.25) is 5.91 Å². The largest absolute Gasteiger partial charge is 0.342 e. The topological polar surface area (TPSA) is 91.0 Å². The van der Waals surface area contributed by atoms with Gasteiger partial charge in [0, 0.05) is 30.8 Å². The number of amides is 2. The number of carbonyl (C=O) groups excluding carboxylic acids is 2. The number of rotatable bonds is 4. The number of likely N-dealkylation sites (tertiary alicyclic amines) is 1. The van der Waals surface area contributed by atoms with Gasteiger partial charge >= 0.3 is 0 Å². The number of hydrogen-bond acceptors (Lipinski definition) is 5. The number of aromatic nitrogens is 3. The van der Waals surface area contributed by atoms with Crippen LogP contribution in [0.1, 0.15) is 40.5 Å². The van der Waals surface area contributed by atoms with Crippen molar-refractivity contribution in [2.45, 2.75) is 33.1 Å². The number of thiazole rings is 1. The number of H-pyrrole nitrogens is 1. The second kappa shape index (κ2) is 8.35. The van der Waals surface area contributed by atoms with Gasteiger partial charge in [-0.15, -0.1) is 11.3 Å². The molecular weight excluding hydrogens is 422 g/mol. The van der Waals surface area contributed by atoms with Gasteiger partial charge in [-0.3, -0.25) is 9.59 Å². The molecule has 5 rings (SSSR count). The number of piperidine rings is 1. The number of imidazole rings is 1. The first-order valence-corrected chi connectivity index (χ1v) is 11.7. The van der Waals surface area contributed by atoms with Gasteiger partial charge in [0.25, 0.3) is 5.91 Å². The summed E-state index contributed by atoms with van der Waals surface area (Å²) in [5.74, 6) is 1.18. The molecule has 164 valence electrons. The van der Waals surface area contributed by atoms with Crippen LogP contribution in [0.15, 0.2) is 36.4 Å². The quantitative estimate of drug-likeness (QED) is 0.476. The van der Waals surface area contributed by atoms with Crippen molar-refractivity contribution in [2.75, 3.05) is 18.4 Å². The Morgan fingerprint density at radius 1 is 1.09 bits per heavy atom. The molecule has 32 heavy (non-hydrogen) atoms. The highest BCUT2D eigenvalue weighted by molar-refractivity contribution is 7.18. The SMILES string of the molecule is Cc1nc2ccc(C(=O)N3CCC(CC(=O)Nc4ccc5nc(C)sc5c4)CC3)cc2[nH]1. The number of nitrogens with one attached hydrogen (secondary N) is 2. The summed E-state index contributed by atoms with van der Waals surface area (Å²) in [5, 5.41) is 4.04. The molecule has 1 fully saturated rings. The maximum atomic E-state index is 12.9. The fourth-order valence-corrected chi connectivity index (χ4v) is 5.25. The first-order valence-electron chi connectivity index (χ1n) is 10.9. The van der Waals surface area contributed by atoms with Crippen LogP contribution < -0.4 is 5.32 Å². The van der Waals surface area contributed by atoms with Gasteiger partial charge in [0.1, 0.15) is 5.82 Å². The van der Waals surface area contributed by atoms with E-state index in [1.807, 2.05) is 55.1 Å². The van der Waals surface area contributed by atoms with Crippen LogP contribution in [-0.4, -0.2) is 44.8 Å². The average Bonchev–Trinajstić information content (AvgIpc) is 3.33. The number of hydrogen-bond donors (Lipinski definition) is 2. The molecule has 2 aromatic heterocycles. The van der Waals surface area contributed by atoms with E-state index in [-0.39, 0.29) is 17.7 Å². The molecule has 0 aliphatic carbocycles. The molecule has 4 aromatic rings. The Kier molecular flexibility index (Phi) is 5.38. The molecule has 0 radical (unpaired) electrons. The lowest BCUT2D eigenvalue weighted by molar-refractivity contribution is -0.117. The molecule has 0 saturated carbocycles. The van der Waals surface area contributed by atoms with Crippen LogP contribution in [-0.2, 0) is 4.79 Å². The predicted molar refractivity (Wildman–Crippen MR) is 127 cm³/mol. The van der Waals surface area contributed by atoms with Crippen LogP contribution >= 0.6 is 11.3 Å². The summed E-state index contributed by atoms with van der Waals surface area (Å²) in [6.07, 6.45) is 2.14. The van der Waals surface area contributed by atoms with Crippen molar-refractivity contribution in [1.29, 1.82) is 0 Å². The number of aryl methyl sites for hydroxylation is 2. The van der Waals surface area contributed by atoms with Crippen LogP contribution in [0, 0.1) is 19.8 Å². The fraction of sp³-hybridized carbons (Fsp3) is 0.333. The third-order valence-electron chi connectivity index (χ3n) is 6.00. The summed E-state index contributed by atoms with van der Waals surface area (Å²) in [7, 11) is 0. The lowest BCUT2D eigenvalue weighted by Gasteiger charge is -2.31. The Hall–Kier alpha value is -3.26. The summed E-state index contributed by atoms with van der Waals surface area (Å²) >= 11 is 1.63. The number of anilines is 1. The Labute approximate surface area is 189 Å². The molecule has 0 atom stereocenters. The minimum absolute atomic E-state index is 0.0235. The zero-order chi connectivity index (χ0) is 22.2. The summed E-state index contributed by atoms with van der Waals surface area (Å²) in [5.41, 5.74) is 4.19. The maximum Gasteiger partial charge on any atom is 0.253 e. The first-order chi connectivity index (χ1) is 15.4. The van der Waals surface area contributed by atoms with Gasteiger partial charge < -0.3 is 15.2 Å². The summed E-state index contributed by atoms with van der Waals surface area (Å²) in [6, 6.07) is 11.4. The lowest BCUT2D eigenvalue weighted by Crippen LogP contribution is -2.39. The minimum Gasteiger partial charge on any atom is -0.342 e. The molecule has 8 heteroatoms. The third-order valence-corrected chi connectivity index (χ3v) is 6.94. The van der Waals surface area contributed by atoms with Crippen molar-refractivity contribution >= 4 is 50.1 Å². The van der Waals surface area contributed by atoms with E-state index in [1.165, 1.54) is 0 Å². The third kappa shape index (κ3) is 4.23. The van der Waals surface area contributed by atoms with E-state index in [1.54, 1.807) is 11.3 Å². The van der Waals surface area contributed by atoms with Gasteiger partial charge in [-0.25, -0.2) is 9.97 Å². The van der Waals surface area contributed by atoms with E-state index in [9.17, 15) is 9.59 Å². The van der Waals surface area contributed by atoms with E-state index in [2.05, 4.69) is 20.3 Å². The molecule has 7 nitrogen and oxygen atoms in total. The van der Waals surface area contributed by atoms with Gasteiger partial charge in [0.05, 0.1) is 26.3 Å². The zero-order valence-electron chi connectivity index (χ0n) is 18.1. The smallest absolute Gasteiger partial charge is 0.253 e. The Morgan fingerprint density at radius 2 is 1.88 bits per heavy atom. The second-order valence-electron chi connectivity index (χ2n) is 8.46. The second-order valence-corrected chi connectivity index (χ2v) is 9.69. The molecule has 2 amide bonds. The maximum absolute atomic E-state index is 12.9. The molecule has 1 aliphatic rings. The number of carbonyl (C=O) groups is 2. The molecule has 1 aliphatic heterocycles. The van der Waals surface area contributed by atoms with Crippen LogP contribution in [0.25, 0.3) is 21.3 Å². The van der Waals surface area contributed by atoms with Crippen LogP contribution in [0.4, 0.5) is 5.69 Å². The molecule has 1 saturated heterocycles. The highest BCUT2D eigenvalue weighted by Crippen LogP contribution is 2.26. The number of nitrogens with zero attached hydrogens (tertiary/aromatic N) is 3.